The summed E-state index contributed by atoms with van der Waals surface area (Å²) in [6, 6.07) is 4.89. The normalized spacial score (nSPS) is 20.6. The fraction of sp³-hybridized carbons (Fsp3) is 0.231. The molecule has 0 saturated heterocycles. The fourth-order valence-corrected chi connectivity index (χ4v) is 1.91. The highest BCUT2D eigenvalue weighted by Gasteiger charge is 2.43. The van der Waals surface area contributed by atoms with E-state index in [2.05, 4.69) is 0 Å². The SMILES string of the molecule is NC1(N)C=C(c2ccccc2C(F)(F)F)C=CC1(O)O. The Morgan fingerprint density at radius 1 is 1.05 bits per heavy atom. The molecule has 1 aliphatic rings. The first-order valence-electron chi connectivity index (χ1n) is 5.66. The van der Waals surface area contributed by atoms with Gasteiger partial charge in [-0.15, -0.1) is 0 Å². The van der Waals surface area contributed by atoms with Gasteiger partial charge in [0.05, 0.1) is 5.56 Å². The third-order valence-electron chi connectivity index (χ3n) is 3.07. The summed E-state index contributed by atoms with van der Waals surface area (Å²) in [5.74, 6) is -2.52. The molecule has 0 aromatic heterocycles. The molecule has 1 aliphatic carbocycles. The van der Waals surface area contributed by atoms with Gasteiger partial charge in [-0.1, -0.05) is 24.3 Å². The molecule has 0 aliphatic heterocycles. The van der Waals surface area contributed by atoms with Crippen molar-refractivity contribution in [1.29, 1.82) is 0 Å². The highest BCUT2D eigenvalue weighted by molar-refractivity contribution is 5.79. The van der Waals surface area contributed by atoms with Crippen molar-refractivity contribution in [1.82, 2.24) is 0 Å². The predicted molar refractivity (Wildman–Crippen MR) is 66.8 cm³/mol. The van der Waals surface area contributed by atoms with E-state index in [1.165, 1.54) is 18.2 Å². The van der Waals surface area contributed by atoms with Gasteiger partial charge >= 0.3 is 6.18 Å². The fourth-order valence-electron chi connectivity index (χ4n) is 1.91. The van der Waals surface area contributed by atoms with E-state index in [9.17, 15) is 23.4 Å². The van der Waals surface area contributed by atoms with Crippen molar-refractivity contribution in [3.8, 4) is 0 Å². The van der Waals surface area contributed by atoms with E-state index < -0.39 is 23.2 Å². The summed E-state index contributed by atoms with van der Waals surface area (Å²) in [5, 5.41) is 19.1. The van der Waals surface area contributed by atoms with Gasteiger partial charge in [0.1, 0.15) is 5.66 Å². The van der Waals surface area contributed by atoms with Crippen molar-refractivity contribution < 1.29 is 23.4 Å². The molecule has 0 fully saturated rings. The van der Waals surface area contributed by atoms with Gasteiger partial charge in [0.25, 0.3) is 0 Å². The minimum atomic E-state index is -4.54. The summed E-state index contributed by atoms with van der Waals surface area (Å²) in [5.41, 5.74) is 8.02. The second-order valence-corrected chi connectivity index (χ2v) is 4.64. The van der Waals surface area contributed by atoms with Gasteiger partial charge in [-0.25, -0.2) is 0 Å². The first kappa shape index (κ1) is 14.7. The van der Waals surface area contributed by atoms with E-state index in [4.69, 9.17) is 11.5 Å². The number of benzene rings is 1. The van der Waals surface area contributed by atoms with Crippen LogP contribution in [-0.4, -0.2) is 21.7 Å². The quantitative estimate of drug-likeness (QED) is 0.578. The molecule has 20 heavy (non-hydrogen) atoms. The van der Waals surface area contributed by atoms with Crippen LogP contribution in [0.25, 0.3) is 5.57 Å². The lowest BCUT2D eigenvalue weighted by molar-refractivity contribution is -0.156. The molecular weight excluding hydrogens is 273 g/mol. The van der Waals surface area contributed by atoms with Crippen LogP contribution in [0.15, 0.2) is 42.5 Å². The molecule has 0 atom stereocenters. The highest BCUT2D eigenvalue weighted by Crippen LogP contribution is 2.37. The van der Waals surface area contributed by atoms with E-state index in [-0.39, 0.29) is 11.1 Å². The molecule has 1 aromatic carbocycles. The predicted octanol–water partition coefficient (Wildman–Crippen LogP) is 0.953. The molecule has 0 radical (unpaired) electrons. The van der Waals surface area contributed by atoms with Crippen LogP contribution in [-0.2, 0) is 6.18 Å². The maximum Gasteiger partial charge on any atom is 0.417 e. The summed E-state index contributed by atoms with van der Waals surface area (Å²) >= 11 is 0. The van der Waals surface area contributed by atoms with E-state index >= 15 is 0 Å². The Labute approximate surface area is 112 Å². The van der Waals surface area contributed by atoms with Gasteiger partial charge < -0.3 is 21.7 Å². The number of halogens is 3. The Morgan fingerprint density at radius 2 is 1.65 bits per heavy atom. The Kier molecular flexibility index (Phi) is 3.26. The van der Waals surface area contributed by atoms with E-state index in [1.807, 2.05) is 0 Å². The summed E-state index contributed by atoms with van der Waals surface area (Å²) in [7, 11) is 0. The summed E-state index contributed by atoms with van der Waals surface area (Å²) in [6.45, 7) is 0. The lowest BCUT2D eigenvalue weighted by Crippen LogP contribution is -2.65. The average Bonchev–Trinajstić information content (AvgIpc) is 2.32. The molecule has 0 heterocycles. The molecular formula is C13H13F3N2O2. The number of hydrogen-bond donors (Lipinski definition) is 4. The van der Waals surface area contributed by atoms with E-state index in [0.29, 0.717) is 0 Å². The van der Waals surface area contributed by atoms with Gasteiger partial charge in [-0.05, 0) is 29.4 Å². The van der Waals surface area contributed by atoms with Gasteiger partial charge in [0.15, 0.2) is 0 Å². The van der Waals surface area contributed by atoms with Crippen molar-refractivity contribution in [2.45, 2.75) is 17.6 Å². The first-order valence-corrected chi connectivity index (χ1v) is 5.66. The van der Waals surface area contributed by atoms with Crippen molar-refractivity contribution in [3.05, 3.63) is 53.6 Å². The third-order valence-corrected chi connectivity index (χ3v) is 3.07. The number of hydrogen-bond acceptors (Lipinski definition) is 4. The molecule has 0 bridgehead atoms. The molecule has 1 aromatic rings. The topological polar surface area (TPSA) is 92.5 Å². The van der Waals surface area contributed by atoms with Gasteiger partial charge in [0.2, 0.25) is 5.79 Å². The Morgan fingerprint density at radius 3 is 2.20 bits per heavy atom. The highest BCUT2D eigenvalue weighted by atomic mass is 19.4. The molecule has 0 amide bonds. The molecule has 7 heteroatoms. The molecule has 2 rings (SSSR count). The van der Waals surface area contributed by atoms with Crippen LogP contribution >= 0.6 is 0 Å². The zero-order chi connectivity index (χ0) is 15.2. The van der Waals surface area contributed by atoms with E-state index in [0.717, 1.165) is 24.3 Å². The number of rotatable bonds is 1. The van der Waals surface area contributed by atoms with Crippen molar-refractivity contribution in [2.24, 2.45) is 11.5 Å². The van der Waals surface area contributed by atoms with Crippen LogP contribution in [0, 0.1) is 0 Å². The minimum absolute atomic E-state index is 0.0710. The van der Waals surface area contributed by atoms with Crippen LogP contribution < -0.4 is 11.5 Å². The van der Waals surface area contributed by atoms with Crippen LogP contribution in [0.2, 0.25) is 0 Å². The molecule has 4 nitrogen and oxygen atoms in total. The molecule has 6 N–H and O–H groups in total. The van der Waals surface area contributed by atoms with Crippen LogP contribution in [0.3, 0.4) is 0 Å². The van der Waals surface area contributed by atoms with Crippen LogP contribution in [0.1, 0.15) is 11.1 Å². The number of allylic oxidation sites excluding steroid dienone is 2. The summed E-state index contributed by atoms with van der Waals surface area (Å²) < 4.78 is 38.8. The zero-order valence-corrected chi connectivity index (χ0v) is 10.2. The van der Waals surface area contributed by atoms with Gasteiger partial charge in [-0.2, -0.15) is 13.2 Å². The summed E-state index contributed by atoms with van der Waals surface area (Å²) in [6.07, 6.45) is -1.54. The smallest absolute Gasteiger partial charge is 0.360 e. The minimum Gasteiger partial charge on any atom is -0.360 e. The molecule has 108 valence electrons. The van der Waals surface area contributed by atoms with Gasteiger partial charge in [0, 0.05) is 0 Å². The Bertz CT molecular complexity index is 590. The largest absolute Gasteiger partial charge is 0.417 e. The van der Waals surface area contributed by atoms with Crippen LogP contribution in [0.5, 0.6) is 0 Å². The second-order valence-electron chi connectivity index (χ2n) is 4.64. The third kappa shape index (κ3) is 2.48. The summed E-state index contributed by atoms with van der Waals surface area (Å²) in [4.78, 5) is 0. The van der Waals surface area contributed by atoms with Crippen molar-refractivity contribution >= 4 is 5.57 Å². The Balaban J connectivity index is 2.55. The van der Waals surface area contributed by atoms with Crippen LogP contribution in [0.4, 0.5) is 13.2 Å². The maximum atomic E-state index is 12.9. The van der Waals surface area contributed by atoms with E-state index in [1.54, 1.807) is 0 Å². The monoisotopic (exact) mass is 286 g/mol. The molecule has 0 saturated carbocycles. The lowest BCUT2D eigenvalue weighted by atomic mass is 9.87. The number of alkyl halides is 3. The lowest BCUT2D eigenvalue weighted by Gasteiger charge is -2.36. The molecule has 0 spiro atoms. The molecule has 0 unspecified atom stereocenters. The number of nitrogens with two attached hydrogens (primary N) is 2. The van der Waals surface area contributed by atoms with Gasteiger partial charge in [-0.3, -0.25) is 0 Å². The van der Waals surface area contributed by atoms with Crippen molar-refractivity contribution in [2.75, 3.05) is 0 Å². The second kappa shape index (κ2) is 4.42. The van der Waals surface area contributed by atoms with Crippen molar-refractivity contribution in [3.63, 3.8) is 0 Å². The average molecular weight is 286 g/mol. The first-order chi connectivity index (χ1) is 9.05. The number of aliphatic hydroxyl groups is 2. The Hall–Kier alpha value is -1.67. The zero-order valence-electron chi connectivity index (χ0n) is 10.2. The standard InChI is InChI=1S/C13H13F3N2O2/c14-13(15,16)10-4-2-1-3-9(10)8-5-6-12(19,20)11(17,18)7-8/h1-7,19-20H,17-18H2. The maximum absolute atomic E-state index is 12.9.